The Morgan fingerprint density at radius 2 is 2.08 bits per heavy atom. The molecule has 0 atom stereocenters. The lowest BCUT2D eigenvalue weighted by Crippen LogP contribution is -2.26. The maximum Gasteiger partial charge on any atom is 0.330 e. The zero-order valence-electron chi connectivity index (χ0n) is 7.91. The zero-order valence-corrected chi connectivity index (χ0v) is 7.91. The van der Waals surface area contributed by atoms with E-state index in [0.29, 0.717) is 11.1 Å². The standard InChI is InChI=1S/C9H16NO2/c1-5-9(11)12-8-6-7-10(2,3)4/h5-7H,1,8H2,2-4H3/q+1. The van der Waals surface area contributed by atoms with Crippen molar-refractivity contribution < 1.29 is 14.0 Å². The molecule has 3 nitrogen and oxygen atoms in total. The molecular formula is C9H16NO2+. The van der Waals surface area contributed by atoms with Gasteiger partial charge in [0.15, 0.2) is 0 Å². The van der Waals surface area contributed by atoms with Crippen LogP contribution in [0.2, 0.25) is 0 Å². The van der Waals surface area contributed by atoms with Crippen LogP contribution in [-0.4, -0.2) is 38.2 Å². The van der Waals surface area contributed by atoms with Crippen molar-refractivity contribution in [1.82, 2.24) is 0 Å². The fraction of sp³-hybridized carbons (Fsp3) is 0.444. The van der Waals surface area contributed by atoms with Crippen LogP contribution in [0.5, 0.6) is 0 Å². The second-order valence-electron chi connectivity index (χ2n) is 3.34. The molecule has 0 aliphatic heterocycles. The van der Waals surface area contributed by atoms with Crippen molar-refractivity contribution in [2.24, 2.45) is 0 Å². The van der Waals surface area contributed by atoms with Crippen molar-refractivity contribution in [2.45, 2.75) is 0 Å². The number of carbonyl (C=O) groups excluding carboxylic acids is 1. The largest absolute Gasteiger partial charge is 0.458 e. The van der Waals surface area contributed by atoms with Crippen molar-refractivity contribution >= 4 is 5.97 Å². The zero-order chi connectivity index (χ0) is 9.61. The molecule has 0 spiro atoms. The Morgan fingerprint density at radius 1 is 1.50 bits per heavy atom. The number of quaternary nitrogens is 1. The maximum absolute atomic E-state index is 10.6. The molecular weight excluding hydrogens is 154 g/mol. The van der Waals surface area contributed by atoms with E-state index in [2.05, 4.69) is 6.58 Å². The molecule has 0 amide bonds. The SMILES string of the molecule is C=CC(=O)OCC=C[N+](C)(C)C. The maximum atomic E-state index is 10.6. The third-order valence-corrected chi connectivity index (χ3v) is 1.04. The van der Waals surface area contributed by atoms with Gasteiger partial charge < -0.3 is 9.22 Å². The second kappa shape index (κ2) is 4.72. The molecule has 68 valence electrons. The topological polar surface area (TPSA) is 26.3 Å². The number of rotatable bonds is 4. The minimum atomic E-state index is -0.388. The van der Waals surface area contributed by atoms with Gasteiger partial charge in [0.25, 0.3) is 0 Å². The summed E-state index contributed by atoms with van der Waals surface area (Å²) in [5, 5.41) is 0. The molecule has 0 aromatic heterocycles. The van der Waals surface area contributed by atoms with Crippen LogP contribution in [0.3, 0.4) is 0 Å². The molecule has 3 heteroatoms. The molecule has 0 fully saturated rings. The summed E-state index contributed by atoms with van der Waals surface area (Å²) in [7, 11) is 6.06. The van der Waals surface area contributed by atoms with Gasteiger partial charge in [0, 0.05) is 12.2 Å². The van der Waals surface area contributed by atoms with Gasteiger partial charge in [0.05, 0.1) is 27.3 Å². The van der Waals surface area contributed by atoms with E-state index in [-0.39, 0.29) is 5.97 Å². The highest BCUT2D eigenvalue weighted by Gasteiger charge is 1.99. The van der Waals surface area contributed by atoms with Gasteiger partial charge in [-0.3, -0.25) is 0 Å². The number of carbonyl (C=O) groups is 1. The van der Waals surface area contributed by atoms with Gasteiger partial charge in [0.1, 0.15) is 6.61 Å². The minimum absolute atomic E-state index is 0.306. The molecule has 0 aromatic carbocycles. The molecule has 0 aliphatic carbocycles. The van der Waals surface area contributed by atoms with E-state index in [9.17, 15) is 4.79 Å². The third-order valence-electron chi connectivity index (χ3n) is 1.04. The van der Waals surface area contributed by atoms with E-state index in [4.69, 9.17) is 4.74 Å². The second-order valence-corrected chi connectivity index (χ2v) is 3.34. The lowest BCUT2D eigenvalue weighted by molar-refractivity contribution is -0.817. The van der Waals surface area contributed by atoms with Crippen LogP contribution in [0.1, 0.15) is 0 Å². The monoisotopic (exact) mass is 170 g/mol. The Kier molecular flexibility index (Phi) is 4.29. The molecule has 0 rings (SSSR count). The van der Waals surface area contributed by atoms with Gasteiger partial charge >= 0.3 is 5.97 Å². The summed E-state index contributed by atoms with van der Waals surface area (Å²) >= 11 is 0. The fourth-order valence-corrected chi connectivity index (χ4v) is 0.548. The predicted octanol–water partition coefficient (Wildman–Crippen LogP) is 0.935. The summed E-state index contributed by atoms with van der Waals surface area (Å²) in [6.07, 6.45) is 4.90. The Morgan fingerprint density at radius 3 is 2.50 bits per heavy atom. The van der Waals surface area contributed by atoms with Gasteiger partial charge in [-0.25, -0.2) is 4.79 Å². The number of hydrogen-bond acceptors (Lipinski definition) is 2. The van der Waals surface area contributed by atoms with E-state index in [0.717, 1.165) is 6.08 Å². The van der Waals surface area contributed by atoms with E-state index < -0.39 is 0 Å². The molecule has 0 unspecified atom stereocenters. The average Bonchev–Trinajstić information content (AvgIpc) is 1.96. The van der Waals surface area contributed by atoms with Gasteiger partial charge in [-0.15, -0.1) is 0 Å². The van der Waals surface area contributed by atoms with Crippen molar-refractivity contribution in [3.8, 4) is 0 Å². The molecule has 0 radical (unpaired) electrons. The van der Waals surface area contributed by atoms with E-state index in [1.54, 1.807) is 6.08 Å². The summed E-state index contributed by atoms with van der Waals surface area (Å²) in [6, 6.07) is 0. The molecule has 0 saturated heterocycles. The average molecular weight is 170 g/mol. The minimum Gasteiger partial charge on any atom is -0.458 e. The highest BCUT2D eigenvalue weighted by molar-refractivity contribution is 5.81. The summed E-state index contributed by atoms with van der Waals surface area (Å²) in [5.74, 6) is -0.388. The summed E-state index contributed by atoms with van der Waals surface area (Å²) < 4.78 is 5.45. The van der Waals surface area contributed by atoms with E-state index >= 15 is 0 Å². The number of hydrogen-bond donors (Lipinski definition) is 0. The quantitative estimate of drug-likeness (QED) is 0.356. The first kappa shape index (κ1) is 10.9. The number of nitrogens with zero attached hydrogens (tertiary/aromatic N) is 1. The van der Waals surface area contributed by atoms with E-state index in [1.165, 1.54) is 0 Å². The molecule has 12 heavy (non-hydrogen) atoms. The Labute approximate surface area is 73.5 Å². The molecule has 0 aliphatic rings. The number of ether oxygens (including phenoxy) is 1. The summed E-state index contributed by atoms with van der Waals surface area (Å²) in [4.78, 5) is 10.6. The Hall–Kier alpha value is -1.09. The Balaban J connectivity index is 3.63. The normalized spacial score (nSPS) is 11.6. The highest BCUT2D eigenvalue weighted by atomic mass is 16.5. The van der Waals surface area contributed by atoms with Crippen LogP contribution >= 0.6 is 0 Å². The highest BCUT2D eigenvalue weighted by Crippen LogP contribution is 1.91. The fourth-order valence-electron chi connectivity index (χ4n) is 0.548. The first-order valence-electron chi connectivity index (χ1n) is 3.74. The summed E-state index contributed by atoms with van der Waals surface area (Å²) in [6.45, 7) is 3.59. The van der Waals surface area contributed by atoms with Crippen LogP contribution in [0, 0.1) is 0 Å². The molecule has 0 aromatic rings. The first-order valence-corrected chi connectivity index (χ1v) is 3.74. The predicted molar refractivity (Wildman–Crippen MR) is 48.3 cm³/mol. The van der Waals surface area contributed by atoms with Gasteiger partial charge in [0.2, 0.25) is 0 Å². The van der Waals surface area contributed by atoms with Gasteiger partial charge in [-0.2, -0.15) is 0 Å². The smallest absolute Gasteiger partial charge is 0.330 e. The van der Waals surface area contributed by atoms with Crippen molar-refractivity contribution in [2.75, 3.05) is 27.7 Å². The van der Waals surface area contributed by atoms with Crippen LogP contribution in [0.25, 0.3) is 0 Å². The lowest BCUT2D eigenvalue weighted by atomic mass is 10.5. The van der Waals surface area contributed by atoms with Crippen LogP contribution < -0.4 is 0 Å². The Bertz CT molecular complexity index is 189. The first-order chi connectivity index (χ1) is 5.45. The van der Waals surface area contributed by atoms with Crippen LogP contribution in [-0.2, 0) is 9.53 Å². The molecule has 0 heterocycles. The van der Waals surface area contributed by atoms with Crippen LogP contribution in [0.4, 0.5) is 0 Å². The van der Waals surface area contributed by atoms with Crippen LogP contribution in [0.15, 0.2) is 24.9 Å². The molecule has 0 bridgehead atoms. The summed E-state index contributed by atoms with van der Waals surface area (Å²) in [5.41, 5.74) is 0. The van der Waals surface area contributed by atoms with Crippen molar-refractivity contribution in [3.63, 3.8) is 0 Å². The molecule has 0 saturated carbocycles. The van der Waals surface area contributed by atoms with Gasteiger partial charge in [-0.05, 0) is 0 Å². The van der Waals surface area contributed by atoms with Gasteiger partial charge in [-0.1, -0.05) is 6.58 Å². The molecule has 0 N–H and O–H groups in total. The van der Waals surface area contributed by atoms with E-state index in [1.807, 2.05) is 27.3 Å². The van der Waals surface area contributed by atoms with Crippen molar-refractivity contribution in [1.29, 1.82) is 0 Å². The third kappa shape index (κ3) is 7.02. The number of esters is 1. The van der Waals surface area contributed by atoms with Crippen molar-refractivity contribution in [3.05, 3.63) is 24.9 Å². The lowest BCUT2D eigenvalue weighted by Gasteiger charge is -2.17.